The Balaban J connectivity index is 2.77. The lowest BCUT2D eigenvalue weighted by atomic mass is 10.1. The Kier molecular flexibility index (Phi) is 6.16. The van der Waals surface area contributed by atoms with Crippen LogP contribution in [0.15, 0.2) is 24.3 Å². The van der Waals surface area contributed by atoms with E-state index in [4.69, 9.17) is 4.74 Å². The average Bonchev–Trinajstić information content (AvgIpc) is 2.34. The van der Waals surface area contributed by atoms with Crippen molar-refractivity contribution in [3.8, 4) is 0 Å². The topological polar surface area (TPSA) is 32.7 Å². The highest BCUT2D eigenvalue weighted by molar-refractivity contribution is 5.48. The number of anilines is 1. The molecule has 0 aliphatic rings. The van der Waals surface area contributed by atoms with E-state index in [1.165, 1.54) is 5.69 Å². The van der Waals surface area contributed by atoms with Crippen LogP contribution in [0.2, 0.25) is 0 Å². The van der Waals surface area contributed by atoms with Gasteiger partial charge in [0.2, 0.25) is 0 Å². The number of methoxy groups -OCH3 is 1. The first-order valence-electron chi connectivity index (χ1n) is 6.56. The van der Waals surface area contributed by atoms with Gasteiger partial charge < -0.3 is 14.7 Å². The summed E-state index contributed by atoms with van der Waals surface area (Å²) in [6.45, 7) is 8.84. The van der Waals surface area contributed by atoms with E-state index in [9.17, 15) is 5.11 Å². The van der Waals surface area contributed by atoms with Crippen molar-refractivity contribution < 1.29 is 9.84 Å². The number of ether oxygens (including phenoxy) is 1. The summed E-state index contributed by atoms with van der Waals surface area (Å²) >= 11 is 0. The highest BCUT2D eigenvalue weighted by atomic mass is 16.5. The third-order valence-electron chi connectivity index (χ3n) is 2.89. The monoisotopic (exact) mass is 251 g/mol. The van der Waals surface area contributed by atoms with Gasteiger partial charge in [-0.1, -0.05) is 26.0 Å². The fraction of sp³-hybridized carbons (Fsp3) is 0.600. The minimum absolute atomic E-state index is 0.406. The van der Waals surface area contributed by atoms with Gasteiger partial charge in [0.25, 0.3) is 0 Å². The fourth-order valence-corrected chi connectivity index (χ4v) is 1.93. The molecule has 0 heterocycles. The normalized spacial score (nSPS) is 12.8. The summed E-state index contributed by atoms with van der Waals surface area (Å²) in [5, 5.41) is 9.51. The van der Waals surface area contributed by atoms with Crippen LogP contribution in [0.3, 0.4) is 0 Å². The lowest BCUT2D eigenvalue weighted by Gasteiger charge is -2.26. The molecule has 3 nitrogen and oxygen atoms in total. The van der Waals surface area contributed by atoms with E-state index in [1.54, 1.807) is 14.0 Å². The van der Waals surface area contributed by atoms with E-state index >= 15 is 0 Å². The van der Waals surface area contributed by atoms with Crippen LogP contribution in [0.1, 0.15) is 32.4 Å². The molecule has 1 N–H and O–H groups in total. The minimum Gasteiger partial charge on any atom is -0.389 e. The lowest BCUT2D eigenvalue weighted by Crippen LogP contribution is -2.30. The van der Waals surface area contributed by atoms with E-state index < -0.39 is 6.10 Å². The van der Waals surface area contributed by atoms with Crippen molar-refractivity contribution in [3.63, 3.8) is 0 Å². The van der Waals surface area contributed by atoms with Gasteiger partial charge in [-0.15, -0.1) is 0 Å². The van der Waals surface area contributed by atoms with E-state index in [0.29, 0.717) is 5.92 Å². The van der Waals surface area contributed by atoms with Crippen molar-refractivity contribution in [1.82, 2.24) is 0 Å². The quantitative estimate of drug-likeness (QED) is 0.809. The molecule has 1 atom stereocenters. The Labute approximate surface area is 110 Å². The second-order valence-corrected chi connectivity index (χ2v) is 5.10. The van der Waals surface area contributed by atoms with Gasteiger partial charge in [-0.05, 0) is 30.5 Å². The van der Waals surface area contributed by atoms with E-state index in [2.05, 4.69) is 30.9 Å². The van der Waals surface area contributed by atoms with Crippen molar-refractivity contribution in [2.75, 3.05) is 31.7 Å². The molecule has 0 fully saturated rings. The van der Waals surface area contributed by atoms with Crippen LogP contribution in [0.5, 0.6) is 0 Å². The Morgan fingerprint density at radius 1 is 1.17 bits per heavy atom. The summed E-state index contributed by atoms with van der Waals surface area (Å²) in [6.07, 6.45) is -0.406. The molecule has 0 unspecified atom stereocenters. The maximum Gasteiger partial charge on any atom is 0.0761 e. The molecular formula is C15H25NO2. The second-order valence-electron chi connectivity index (χ2n) is 5.10. The molecule has 0 aromatic heterocycles. The number of hydrogen-bond acceptors (Lipinski definition) is 3. The number of aliphatic hydroxyl groups is 1. The maximum atomic E-state index is 9.51. The Hall–Kier alpha value is -1.06. The Bertz CT molecular complexity index is 333. The Morgan fingerprint density at radius 2 is 1.78 bits per heavy atom. The molecule has 0 amide bonds. The third-order valence-corrected chi connectivity index (χ3v) is 2.89. The van der Waals surface area contributed by atoms with Gasteiger partial charge >= 0.3 is 0 Å². The van der Waals surface area contributed by atoms with Crippen LogP contribution in [-0.2, 0) is 4.74 Å². The molecule has 18 heavy (non-hydrogen) atoms. The summed E-state index contributed by atoms with van der Waals surface area (Å²) < 4.78 is 5.16. The highest BCUT2D eigenvalue weighted by Gasteiger charge is 2.09. The van der Waals surface area contributed by atoms with E-state index in [-0.39, 0.29) is 0 Å². The molecule has 0 aliphatic carbocycles. The molecule has 0 saturated heterocycles. The number of nitrogens with zero attached hydrogens (tertiary/aromatic N) is 1. The largest absolute Gasteiger partial charge is 0.389 e. The van der Waals surface area contributed by atoms with Gasteiger partial charge in [0, 0.05) is 25.9 Å². The van der Waals surface area contributed by atoms with Crippen molar-refractivity contribution in [2.24, 2.45) is 5.92 Å². The van der Waals surface area contributed by atoms with Crippen molar-refractivity contribution in [3.05, 3.63) is 29.8 Å². The number of hydrogen-bond donors (Lipinski definition) is 1. The van der Waals surface area contributed by atoms with Crippen molar-refractivity contribution in [2.45, 2.75) is 26.9 Å². The zero-order valence-corrected chi connectivity index (χ0v) is 11.9. The molecule has 0 saturated carbocycles. The zero-order chi connectivity index (χ0) is 13.5. The smallest absolute Gasteiger partial charge is 0.0761 e. The average molecular weight is 251 g/mol. The molecule has 1 aromatic carbocycles. The van der Waals surface area contributed by atoms with Gasteiger partial charge in [0.1, 0.15) is 0 Å². The summed E-state index contributed by atoms with van der Waals surface area (Å²) in [6, 6.07) is 8.11. The lowest BCUT2D eigenvalue weighted by molar-refractivity contribution is 0.199. The molecule has 1 rings (SSSR count). The van der Waals surface area contributed by atoms with Crippen LogP contribution < -0.4 is 4.90 Å². The van der Waals surface area contributed by atoms with Gasteiger partial charge in [0.05, 0.1) is 12.7 Å². The van der Waals surface area contributed by atoms with Crippen LogP contribution >= 0.6 is 0 Å². The van der Waals surface area contributed by atoms with Gasteiger partial charge in [0.15, 0.2) is 0 Å². The van der Waals surface area contributed by atoms with Gasteiger partial charge in [-0.3, -0.25) is 0 Å². The van der Waals surface area contributed by atoms with Crippen molar-refractivity contribution >= 4 is 5.69 Å². The predicted octanol–water partition coefficient (Wildman–Crippen LogP) is 2.85. The molecule has 0 bridgehead atoms. The summed E-state index contributed by atoms with van der Waals surface area (Å²) in [4.78, 5) is 2.32. The van der Waals surface area contributed by atoms with Crippen molar-refractivity contribution in [1.29, 1.82) is 0 Å². The number of benzene rings is 1. The fourth-order valence-electron chi connectivity index (χ4n) is 1.93. The summed E-state index contributed by atoms with van der Waals surface area (Å²) in [5.41, 5.74) is 2.14. The molecule has 1 aromatic rings. The third kappa shape index (κ3) is 4.67. The molecule has 0 spiro atoms. The molecule has 0 radical (unpaired) electrons. The first-order valence-corrected chi connectivity index (χ1v) is 6.56. The molecule has 3 heteroatoms. The maximum absolute atomic E-state index is 9.51. The predicted molar refractivity (Wildman–Crippen MR) is 76.0 cm³/mol. The highest BCUT2D eigenvalue weighted by Crippen LogP contribution is 2.19. The van der Waals surface area contributed by atoms with Gasteiger partial charge in [-0.2, -0.15) is 0 Å². The van der Waals surface area contributed by atoms with Crippen LogP contribution in [0, 0.1) is 5.92 Å². The van der Waals surface area contributed by atoms with Crippen LogP contribution in [0.25, 0.3) is 0 Å². The first kappa shape index (κ1) is 15.0. The van der Waals surface area contributed by atoms with Crippen LogP contribution in [-0.4, -0.2) is 31.9 Å². The van der Waals surface area contributed by atoms with E-state index in [0.717, 1.165) is 25.3 Å². The second kappa shape index (κ2) is 7.39. The molecule has 0 aliphatic heterocycles. The van der Waals surface area contributed by atoms with Gasteiger partial charge in [-0.25, -0.2) is 0 Å². The summed E-state index contributed by atoms with van der Waals surface area (Å²) in [7, 11) is 1.73. The first-order chi connectivity index (χ1) is 8.54. The minimum atomic E-state index is -0.406. The van der Waals surface area contributed by atoms with Crippen LogP contribution in [0.4, 0.5) is 5.69 Å². The molecular weight excluding hydrogens is 226 g/mol. The van der Waals surface area contributed by atoms with E-state index in [1.807, 2.05) is 12.1 Å². The zero-order valence-electron chi connectivity index (χ0n) is 11.9. The standard InChI is InChI=1S/C15H25NO2/c1-12(2)11-16(9-10-18-4)15-7-5-14(6-8-15)13(3)17/h5-8,12-13,17H,9-11H2,1-4H3/t13-/m1/s1. The Morgan fingerprint density at radius 3 is 2.22 bits per heavy atom. The number of rotatable bonds is 7. The number of aliphatic hydroxyl groups excluding tert-OH is 1. The SMILES string of the molecule is COCCN(CC(C)C)c1ccc([C@@H](C)O)cc1. The summed E-state index contributed by atoms with van der Waals surface area (Å²) in [5.74, 6) is 0.610. The molecule has 102 valence electrons.